The molecule has 0 bridgehead atoms. The van der Waals surface area contributed by atoms with Crippen LogP contribution in [0.25, 0.3) is 22.3 Å². The van der Waals surface area contributed by atoms with Gasteiger partial charge in [-0.25, -0.2) is 9.97 Å². The van der Waals surface area contributed by atoms with E-state index < -0.39 is 0 Å². The Kier molecular flexibility index (Phi) is 5.23. The first-order chi connectivity index (χ1) is 12.4. The third-order valence-corrected chi connectivity index (χ3v) is 4.13. The van der Waals surface area contributed by atoms with Gasteiger partial charge in [0.2, 0.25) is 0 Å². The number of aromatic hydroxyl groups is 2. The highest BCUT2D eigenvalue weighted by Crippen LogP contribution is 2.32. The van der Waals surface area contributed by atoms with E-state index in [0.29, 0.717) is 29.7 Å². The number of aromatic nitrogens is 2. The lowest BCUT2D eigenvalue weighted by Gasteiger charge is -2.17. The van der Waals surface area contributed by atoms with Gasteiger partial charge in [0.05, 0.1) is 11.1 Å². The van der Waals surface area contributed by atoms with Crippen LogP contribution in [0.4, 0.5) is 5.82 Å². The van der Waals surface area contributed by atoms with Crippen LogP contribution in [0.5, 0.6) is 11.5 Å². The molecule has 0 amide bonds. The van der Waals surface area contributed by atoms with Crippen molar-refractivity contribution in [3.05, 3.63) is 42.5 Å². The normalized spacial score (nSPS) is 12.5. The van der Waals surface area contributed by atoms with Gasteiger partial charge < -0.3 is 21.3 Å². The van der Waals surface area contributed by atoms with Crippen LogP contribution in [0.15, 0.2) is 42.5 Å². The Balaban J connectivity index is 2.00. The van der Waals surface area contributed by atoms with Gasteiger partial charge in [-0.1, -0.05) is 26.0 Å². The van der Waals surface area contributed by atoms with Gasteiger partial charge in [0.15, 0.2) is 5.82 Å². The predicted octanol–water partition coefficient (Wildman–Crippen LogP) is 3.49. The first-order valence-corrected chi connectivity index (χ1v) is 8.72. The van der Waals surface area contributed by atoms with Gasteiger partial charge in [-0.2, -0.15) is 0 Å². The molecule has 0 radical (unpaired) electrons. The van der Waals surface area contributed by atoms with Crippen LogP contribution in [0.3, 0.4) is 0 Å². The molecule has 0 saturated carbocycles. The van der Waals surface area contributed by atoms with Crippen molar-refractivity contribution in [2.24, 2.45) is 11.7 Å². The second-order valence-corrected chi connectivity index (χ2v) is 6.88. The molecule has 3 aromatic rings. The summed E-state index contributed by atoms with van der Waals surface area (Å²) in [5.41, 5.74) is 7.31. The summed E-state index contributed by atoms with van der Waals surface area (Å²) < 4.78 is 0. The Morgan fingerprint density at radius 2 is 1.85 bits per heavy atom. The number of phenolic OH excluding ortho intramolecular Hbond substituents is 2. The largest absolute Gasteiger partial charge is 0.508 e. The molecule has 5 N–H and O–H groups in total. The molecule has 0 saturated heterocycles. The monoisotopic (exact) mass is 352 g/mol. The fourth-order valence-electron chi connectivity index (χ4n) is 2.95. The zero-order chi connectivity index (χ0) is 18.7. The molecule has 136 valence electrons. The molecule has 1 heterocycles. The van der Waals surface area contributed by atoms with E-state index in [1.165, 1.54) is 18.2 Å². The van der Waals surface area contributed by atoms with Gasteiger partial charge >= 0.3 is 0 Å². The van der Waals surface area contributed by atoms with Gasteiger partial charge in [0, 0.05) is 18.0 Å². The van der Waals surface area contributed by atoms with Crippen molar-refractivity contribution < 1.29 is 10.2 Å². The van der Waals surface area contributed by atoms with Crippen molar-refractivity contribution in [2.75, 3.05) is 11.9 Å². The summed E-state index contributed by atoms with van der Waals surface area (Å²) >= 11 is 0. The van der Waals surface area contributed by atoms with Crippen molar-refractivity contribution >= 4 is 16.7 Å². The molecular weight excluding hydrogens is 328 g/mol. The number of para-hydroxylation sites is 1. The molecule has 2 aromatic carbocycles. The molecule has 3 rings (SSSR count). The maximum absolute atomic E-state index is 10.1. The van der Waals surface area contributed by atoms with Crippen LogP contribution >= 0.6 is 0 Å². The highest BCUT2D eigenvalue weighted by atomic mass is 16.3. The lowest BCUT2D eigenvalue weighted by molar-refractivity contribution is 0.461. The molecule has 26 heavy (non-hydrogen) atoms. The summed E-state index contributed by atoms with van der Waals surface area (Å²) in [4.78, 5) is 9.11. The molecule has 6 nitrogen and oxygen atoms in total. The Morgan fingerprint density at radius 3 is 2.62 bits per heavy atom. The van der Waals surface area contributed by atoms with E-state index in [9.17, 15) is 10.2 Å². The molecule has 1 aromatic heterocycles. The van der Waals surface area contributed by atoms with Crippen LogP contribution in [0.1, 0.15) is 20.3 Å². The Hall–Kier alpha value is -2.86. The van der Waals surface area contributed by atoms with Crippen LogP contribution in [-0.2, 0) is 0 Å². The molecule has 0 fully saturated rings. The maximum atomic E-state index is 10.1. The van der Waals surface area contributed by atoms with E-state index in [2.05, 4.69) is 29.1 Å². The Labute approximate surface area is 152 Å². The summed E-state index contributed by atoms with van der Waals surface area (Å²) in [6.45, 7) is 4.87. The number of nitrogens with one attached hydrogen (secondary N) is 1. The lowest BCUT2D eigenvalue weighted by Crippen LogP contribution is -2.30. The van der Waals surface area contributed by atoms with Crippen molar-refractivity contribution in [3.63, 3.8) is 0 Å². The minimum absolute atomic E-state index is 0.0144. The van der Waals surface area contributed by atoms with E-state index >= 15 is 0 Å². The molecule has 6 heteroatoms. The van der Waals surface area contributed by atoms with Gasteiger partial charge in [-0.05, 0) is 42.7 Å². The molecule has 0 aliphatic rings. The number of anilines is 1. The number of benzene rings is 2. The van der Waals surface area contributed by atoms with E-state index in [4.69, 9.17) is 5.73 Å². The molecule has 0 spiro atoms. The fraction of sp³-hybridized carbons (Fsp3) is 0.300. The third kappa shape index (κ3) is 4.03. The summed E-state index contributed by atoms with van der Waals surface area (Å²) in [6.07, 6.45) is 0.913. The fourth-order valence-corrected chi connectivity index (χ4v) is 2.95. The van der Waals surface area contributed by atoms with Crippen molar-refractivity contribution in [1.29, 1.82) is 0 Å². The van der Waals surface area contributed by atoms with Gasteiger partial charge in [-0.15, -0.1) is 0 Å². The third-order valence-electron chi connectivity index (χ3n) is 4.13. The second kappa shape index (κ2) is 7.58. The average molecular weight is 352 g/mol. The summed E-state index contributed by atoms with van der Waals surface area (Å²) in [7, 11) is 0. The zero-order valence-electron chi connectivity index (χ0n) is 15.0. The van der Waals surface area contributed by atoms with Gasteiger partial charge in [-0.3, -0.25) is 0 Å². The van der Waals surface area contributed by atoms with E-state index in [1.807, 2.05) is 24.3 Å². The SMILES string of the molecule is CC(C)CC(N)CNc1nc(-c2cc(O)ccc2O)nc2ccccc12. The number of phenols is 2. The van der Waals surface area contributed by atoms with E-state index in [1.54, 1.807) is 0 Å². The molecule has 0 aliphatic carbocycles. The smallest absolute Gasteiger partial charge is 0.166 e. The average Bonchev–Trinajstić information content (AvgIpc) is 2.61. The number of hydrogen-bond acceptors (Lipinski definition) is 6. The summed E-state index contributed by atoms with van der Waals surface area (Å²) in [5, 5.41) is 24.1. The van der Waals surface area contributed by atoms with Crippen molar-refractivity contribution in [1.82, 2.24) is 9.97 Å². The summed E-state index contributed by atoms with van der Waals surface area (Å²) in [6, 6.07) is 12.0. The highest BCUT2D eigenvalue weighted by Gasteiger charge is 2.14. The molecular formula is C20H24N4O2. The number of nitrogens with two attached hydrogens (primary N) is 1. The highest BCUT2D eigenvalue weighted by molar-refractivity contribution is 5.91. The Morgan fingerprint density at radius 1 is 1.08 bits per heavy atom. The van der Waals surface area contributed by atoms with E-state index in [0.717, 1.165) is 17.3 Å². The van der Waals surface area contributed by atoms with E-state index in [-0.39, 0.29) is 17.5 Å². The molecule has 0 aliphatic heterocycles. The summed E-state index contributed by atoms with van der Waals surface area (Å²) in [5.74, 6) is 1.59. The first kappa shape index (κ1) is 17.9. The topological polar surface area (TPSA) is 104 Å². The standard InChI is InChI=1S/C20H24N4O2/c1-12(2)9-13(21)11-22-19-15-5-3-4-6-17(15)23-20(24-19)16-10-14(25)7-8-18(16)26/h3-8,10,12-13,25-26H,9,11,21H2,1-2H3,(H,22,23,24). The zero-order valence-corrected chi connectivity index (χ0v) is 15.0. The van der Waals surface area contributed by atoms with Crippen LogP contribution in [0, 0.1) is 5.92 Å². The number of nitrogens with zero attached hydrogens (tertiary/aromatic N) is 2. The predicted molar refractivity (Wildman–Crippen MR) is 104 cm³/mol. The molecule has 1 unspecified atom stereocenters. The molecule has 1 atom stereocenters. The van der Waals surface area contributed by atoms with Crippen LogP contribution < -0.4 is 11.1 Å². The number of fused-ring (bicyclic) bond motifs is 1. The maximum Gasteiger partial charge on any atom is 0.166 e. The lowest BCUT2D eigenvalue weighted by atomic mass is 10.0. The second-order valence-electron chi connectivity index (χ2n) is 6.88. The van der Waals surface area contributed by atoms with Crippen LogP contribution in [0.2, 0.25) is 0 Å². The minimum Gasteiger partial charge on any atom is -0.508 e. The van der Waals surface area contributed by atoms with Crippen LogP contribution in [-0.4, -0.2) is 32.8 Å². The Bertz CT molecular complexity index is 911. The quantitative estimate of drug-likeness (QED) is 0.506. The number of hydrogen-bond donors (Lipinski definition) is 4. The van der Waals surface area contributed by atoms with Crippen molar-refractivity contribution in [2.45, 2.75) is 26.3 Å². The van der Waals surface area contributed by atoms with Crippen molar-refractivity contribution in [3.8, 4) is 22.9 Å². The minimum atomic E-state index is 0.0144. The van der Waals surface area contributed by atoms with Gasteiger partial charge in [0.1, 0.15) is 17.3 Å². The number of rotatable bonds is 6. The van der Waals surface area contributed by atoms with Gasteiger partial charge in [0.25, 0.3) is 0 Å². The first-order valence-electron chi connectivity index (χ1n) is 8.72.